The number of aromatic nitrogens is 3. The Morgan fingerprint density at radius 1 is 1.32 bits per heavy atom. The van der Waals surface area contributed by atoms with Crippen LogP contribution in [0.25, 0.3) is 0 Å². The molecule has 0 fully saturated rings. The molecule has 2 amide bonds. The third kappa shape index (κ3) is 4.85. The molecule has 2 aromatic heterocycles. The van der Waals surface area contributed by atoms with Crippen LogP contribution in [0, 0.1) is 0 Å². The van der Waals surface area contributed by atoms with E-state index in [-0.39, 0.29) is 6.61 Å². The van der Waals surface area contributed by atoms with Gasteiger partial charge in [0.2, 0.25) is 0 Å². The Kier molecular flexibility index (Phi) is 5.11. The smallest absolute Gasteiger partial charge is 0.320 e. The highest BCUT2D eigenvalue weighted by molar-refractivity contribution is 5.88. The normalized spacial score (nSPS) is 11.2. The van der Waals surface area contributed by atoms with E-state index in [2.05, 4.69) is 20.7 Å². The number of pyridine rings is 1. The fourth-order valence-electron chi connectivity index (χ4n) is 1.84. The number of nitrogens with zero attached hydrogens (tertiary/aromatic N) is 3. The number of urea groups is 1. The van der Waals surface area contributed by atoms with Crippen molar-refractivity contribution in [3.05, 3.63) is 42.4 Å². The third-order valence-electron chi connectivity index (χ3n) is 3.11. The molecule has 7 nitrogen and oxygen atoms in total. The summed E-state index contributed by atoms with van der Waals surface area (Å²) in [6.45, 7) is 4.05. The van der Waals surface area contributed by atoms with Crippen LogP contribution in [0.1, 0.15) is 19.4 Å². The molecule has 0 saturated carbocycles. The molecule has 0 aromatic carbocycles. The van der Waals surface area contributed by atoms with Crippen molar-refractivity contribution in [2.75, 3.05) is 11.9 Å². The molecule has 0 atom stereocenters. The number of rotatable bonds is 6. The Morgan fingerprint density at radius 3 is 2.73 bits per heavy atom. The minimum Gasteiger partial charge on any atom is -0.394 e. The van der Waals surface area contributed by atoms with E-state index in [1.54, 1.807) is 37.0 Å². The van der Waals surface area contributed by atoms with Crippen LogP contribution in [0.2, 0.25) is 0 Å². The summed E-state index contributed by atoms with van der Waals surface area (Å²) in [6, 6.07) is 5.27. The molecule has 7 heteroatoms. The average molecular weight is 303 g/mol. The first-order chi connectivity index (χ1) is 10.5. The van der Waals surface area contributed by atoms with Gasteiger partial charge < -0.3 is 10.4 Å². The van der Waals surface area contributed by atoms with Gasteiger partial charge in [0.15, 0.2) is 5.82 Å². The molecule has 0 saturated heterocycles. The summed E-state index contributed by atoms with van der Waals surface area (Å²) in [5, 5.41) is 18.7. The maximum Gasteiger partial charge on any atom is 0.320 e. The molecule has 22 heavy (non-hydrogen) atoms. The number of carbonyl (C=O) groups is 1. The SMILES string of the molecule is CC(C)(CO)NC(=O)Nc1ccn(CCc2ccncc2)n1. The van der Waals surface area contributed by atoms with Gasteiger partial charge >= 0.3 is 6.03 Å². The van der Waals surface area contributed by atoms with Crippen molar-refractivity contribution in [2.24, 2.45) is 0 Å². The summed E-state index contributed by atoms with van der Waals surface area (Å²) in [5.41, 5.74) is 0.510. The van der Waals surface area contributed by atoms with Crippen molar-refractivity contribution < 1.29 is 9.90 Å². The van der Waals surface area contributed by atoms with E-state index >= 15 is 0 Å². The van der Waals surface area contributed by atoms with E-state index in [1.165, 1.54) is 5.56 Å². The van der Waals surface area contributed by atoms with E-state index < -0.39 is 11.6 Å². The van der Waals surface area contributed by atoms with Gasteiger partial charge in [0.25, 0.3) is 0 Å². The van der Waals surface area contributed by atoms with Crippen LogP contribution < -0.4 is 10.6 Å². The van der Waals surface area contributed by atoms with Crippen LogP contribution in [-0.4, -0.2) is 38.0 Å². The minimum atomic E-state index is -0.673. The van der Waals surface area contributed by atoms with Gasteiger partial charge in [-0.1, -0.05) is 0 Å². The number of aliphatic hydroxyl groups excluding tert-OH is 1. The molecule has 2 aromatic rings. The first kappa shape index (κ1) is 16.0. The van der Waals surface area contributed by atoms with Crippen molar-refractivity contribution in [1.82, 2.24) is 20.1 Å². The fourth-order valence-corrected chi connectivity index (χ4v) is 1.84. The van der Waals surface area contributed by atoms with Crippen LogP contribution in [-0.2, 0) is 13.0 Å². The molecular weight excluding hydrogens is 282 g/mol. The van der Waals surface area contributed by atoms with E-state index in [9.17, 15) is 4.79 Å². The summed E-state index contributed by atoms with van der Waals surface area (Å²) >= 11 is 0. The van der Waals surface area contributed by atoms with Crippen LogP contribution in [0.3, 0.4) is 0 Å². The molecule has 0 bridgehead atoms. The summed E-state index contributed by atoms with van der Waals surface area (Å²) in [6.07, 6.45) is 6.18. The first-order valence-electron chi connectivity index (χ1n) is 7.11. The quantitative estimate of drug-likeness (QED) is 0.752. The lowest BCUT2D eigenvalue weighted by molar-refractivity contribution is 0.187. The van der Waals surface area contributed by atoms with Crippen LogP contribution >= 0.6 is 0 Å². The van der Waals surface area contributed by atoms with E-state index in [0.29, 0.717) is 5.82 Å². The highest BCUT2D eigenvalue weighted by Crippen LogP contribution is 2.06. The summed E-state index contributed by atoms with van der Waals surface area (Å²) in [4.78, 5) is 15.8. The lowest BCUT2D eigenvalue weighted by atomic mass is 10.1. The van der Waals surface area contributed by atoms with Gasteiger partial charge in [0.1, 0.15) is 0 Å². The van der Waals surface area contributed by atoms with Crippen molar-refractivity contribution in [1.29, 1.82) is 0 Å². The number of amides is 2. The van der Waals surface area contributed by atoms with Gasteiger partial charge in [-0.25, -0.2) is 4.79 Å². The molecule has 0 aliphatic carbocycles. The van der Waals surface area contributed by atoms with Gasteiger partial charge in [0.05, 0.1) is 12.1 Å². The molecule has 0 radical (unpaired) electrons. The van der Waals surface area contributed by atoms with Crippen molar-refractivity contribution in [3.8, 4) is 0 Å². The van der Waals surface area contributed by atoms with E-state index in [1.807, 2.05) is 18.3 Å². The molecule has 2 heterocycles. The average Bonchev–Trinajstić information content (AvgIpc) is 2.93. The topological polar surface area (TPSA) is 92.1 Å². The summed E-state index contributed by atoms with van der Waals surface area (Å²) < 4.78 is 1.77. The van der Waals surface area contributed by atoms with Gasteiger partial charge in [-0.05, 0) is 38.0 Å². The second-order valence-electron chi connectivity index (χ2n) is 5.69. The van der Waals surface area contributed by atoms with Gasteiger partial charge in [-0.3, -0.25) is 15.0 Å². The van der Waals surface area contributed by atoms with Crippen LogP contribution in [0.4, 0.5) is 10.6 Å². The second-order valence-corrected chi connectivity index (χ2v) is 5.69. The molecule has 0 unspecified atom stereocenters. The van der Waals surface area contributed by atoms with Gasteiger partial charge in [0, 0.05) is 31.2 Å². The largest absolute Gasteiger partial charge is 0.394 e. The zero-order valence-electron chi connectivity index (χ0n) is 12.8. The highest BCUT2D eigenvalue weighted by Gasteiger charge is 2.19. The van der Waals surface area contributed by atoms with Gasteiger partial charge in [-0.2, -0.15) is 5.10 Å². The van der Waals surface area contributed by atoms with Crippen molar-refractivity contribution in [2.45, 2.75) is 32.4 Å². The lowest BCUT2D eigenvalue weighted by Gasteiger charge is -2.23. The number of carbonyl (C=O) groups excluding carboxylic acids is 1. The predicted molar refractivity (Wildman–Crippen MR) is 83.5 cm³/mol. The number of aryl methyl sites for hydroxylation is 2. The second kappa shape index (κ2) is 7.04. The fraction of sp³-hybridized carbons (Fsp3) is 0.400. The monoisotopic (exact) mass is 303 g/mol. The molecule has 2 rings (SSSR count). The number of aliphatic hydroxyl groups is 1. The molecule has 3 N–H and O–H groups in total. The molecule has 118 valence electrons. The zero-order valence-corrected chi connectivity index (χ0v) is 12.8. The van der Waals surface area contributed by atoms with Crippen molar-refractivity contribution >= 4 is 11.8 Å². The predicted octanol–water partition coefficient (Wildman–Crippen LogP) is 1.41. The number of hydrogen-bond donors (Lipinski definition) is 3. The Hall–Kier alpha value is -2.41. The minimum absolute atomic E-state index is 0.138. The van der Waals surface area contributed by atoms with Gasteiger partial charge in [-0.15, -0.1) is 0 Å². The Bertz CT molecular complexity index is 609. The molecular formula is C15H21N5O2. The third-order valence-corrected chi connectivity index (χ3v) is 3.11. The number of nitrogens with one attached hydrogen (secondary N) is 2. The maximum absolute atomic E-state index is 11.8. The standard InChI is InChI=1S/C15H21N5O2/c1-15(2,11-21)18-14(22)17-13-6-10-20(19-13)9-5-12-3-7-16-8-4-12/h3-4,6-8,10,21H,5,9,11H2,1-2H3,(H2,17,18,19,22). The summed E-state index contributed by atoms with van der Waals surface area (Å²) in [7, 11) is 0. The van der Waals surface area contributed by atoms with Crippen LogP contribution in [0.15, 0.2) is 36.8 Å². The maximum atomic E-state index is 11.8. The summed E-state index contributed by atoms with van der Waals surface area (Å²) in [5.74, 6) is 0.473. The first-order valence-corrected chi connectivity index (χ1v) is 7.11. The lowest BCUT2D eigenvalue weighted by Crippen LogP contribution is -2.48. The zero-order chi connectivity index (χ0) is 16.0. The van der Waals surface area contributed by atoms with Crippen molar-refractivity contribution in [3.63, 3.8) is 0 Å². The molecule has 0 aliphatic rings. The molecule has 0 aliphatic heterocycles. The van der Waals surface area contributed by atoms with E-state index in [4.69, 9.17) is 5.11 Å². The highest BCUT2D eigenvalue weighted by atomic mass is 16.3. The Morgan fingerprint density at radius 2 is 2.05 bits per heavy atom. The number of hydrogen-bond acceptors (Lipinski definition) is 4. The van der Waals surface area contributed by atoms with E-state index in [0.717, 1.165) is 13.0 Å². The number of anilines is 1. The Balaban J connectivity index is 1.85. The molecule has 0 spiro atoms. The Labute approximate surface area is 129 Å². The van der Waals surface area contributed by atoms with Crippen LogP contribution in [0.5, 0.6) is 0 Å².